The molecule has 0 radical (unpaired) electrons. The second-order valence-corrected chi connectivity index (χ2v) is 6.83. The lowest BCUT2D eigenvalue weighted by Crippen LogP contribution is -2.34. The highest BCUT2D eigenvalue weighted by atomic mass is 35.5. The number of amides is 2. The standard InChI is InChI=1S/C21H21ClN2O4/c1-23(11-12-25)19-18(16-5-3-4-6-17(16)28-2)20(26)24(21(19)27)13-14-7-9-15(22)10-8-14/h3-10,25H,11-13H2,1-2H3. The van der Waals surface area contributed by atoms with Crippen LogP contribution < -0.4 is 4.74 Å². The molecule has 1 aliphatic heterocycles. The van der Waals surface area contributed by atoms with Crippen LogP contribution in [0.25, 0.3) is 5.57 Å². The van der Waals surface area contributed by atoms with E-state index in [1.807, 2.05) is 0 Å². The van der Waals surface area contributed by atoms with Crippen molar-refractivity contribution in [1.82, 2.24) is 9.80 Å². The zero-order valence-corrected chi connectivity index (χ0v) is 16.4. The van der Waals surface area contributed by atoms with E-state index in [4.69, 9.17) is 16.3 Å². The zero-order valence-electron chi connectivity index (χ0n) is 15.7. The molecule has 1 N–H and O–H groups in total. The van der Waals surface area contributed by atoms with Gasteiger partial charge in [0.25, 0.3) is 11.8 Å². The molecular weight excluding hydrogens is 380 g/mol. The van der Waals surface area contributed by atoms with Gasteiger partial charge < -0.3 is 14.7 Å². The molecule has 0 atom stereocenters. The Hall–Kier alpha value is -2.83. The van der Waals surface area contributed by atoms with Crippen molar-refractivity contribution in [3.8, 4) is 5.75 Å². The van der Waals surface area contributed by atoms with Crippen LogP contribution in [-0.4, -0.2) is 54.0 Å². The summed E-state index contributed by atoms with van der Waals surface area (Å²) in [6.07, 6.45) is 0. The molecular formula is C21H21ClN2O4. The molecule has 1 heterocycles. The molecule has 0 saturated carbocycles. The molecule has 2 amide bonds. The lowest BCUT2D eigenvalue weighted by Gasteiger charge is -2.20. The van der Waals surface area contributed by atoms with Crippen molar-refractivity contribution in [1.29, 1.82) is 0 Å². The number of carbonyl (C=O) groups excluding carboxylic acids is 2. The summed E-state index contributed by atoms with van der Waals surface area (Å²) < 4.78 is 5.40. The van der Waals surface area contributed by atoms with Crippen LogP contribution in [-0.2, 0) is 16.1 Å². The number of halogens is 1. The van der Waals surface area contributed by atoms with Gasteiger partial charge in [0.05, 0.1) is 25.8 Å². The lowest BCUT2D eigenvalue weighted by molar-refractivity contribution is -0.138. The minimum absolute atomic E-state index is 0.129. The smallest absolute Gasteiger partial charge is 0.278 e. The highest BCUT2D eigenvalue weighted by Gasteiger charge is 2.41. The molecule has 0 bridgehead atoms. The molecule has 0 aromatic heterocycles. The normalized spacial score (nSPS) is 14.1. The summed E-state index contributed by atoms with van der Waals surface area (Å²) >= 11 is 5.92. The van der Waals surface area contributed by atoms with Gasteiger partial charge in [-0.15, -0.1) is 0 Å². The molecule has 0 spiro atoms. The first-order chi connectivity index (χ1) is 13.5. The van der Waals surface area contributed by atoms with Crippen molar-refractivity contribution in [2.24, 2.45) is 0 Å². The molecule has 6 nitrogen and oxygen atoms in total. The molecule has 0 aliphatic carbocycles. The number of imide groups is 1. The number of methoxy groups -OCH3 is 1. The van der Waals surface area contributed by atoms with E-state index in [9.17, 15) is 14.7 Å². The molecule has 2 aromatic carbocycles. The Bertz CT molecular complexity index is 924. The number of aliphatic hydroxyl groups is 1. The summed E-state index contributed by atoms with van der Waals surface area (Å²) in [5.41, 5.74) is 1.85. The van der Waals surface area contributed by atoms with E-state index in [-0.39, 0.29) is 31.0 Å². The molecule has 0 fully saturated rings. The van der Waals surface area contributed by atoms with Gasteiger partial charge in [0.1, 0.15) is 11.4 Å². The number of para-hydroxylation sites is 1. The predicted octanol–water partition coefficient (Wildman–Crippen LogP) is 2.55. The maximum Gasteiger partial charge on any atom is 0.278 e. The SMILES string of the molecule is COc1ccccc1C1=C(N(C)CCO)C(=O)N(Cc2ccc(Cl)cc2)C1=O. The number of hydrogen-bond donors (Lipinski definition) is 1. The van der Waals surface area contributed by atoms with Crippen molar-refractivity contribution >= 4 is 29.0 Å². The number of aliphatic hydroxyl groups excluding tert-OH is 1. The van der Waals surface area contributed by atoms with Gasteiger partial charge in [-0.1, -0.05) is 41.9 Å². The largest absolute Gasteiger partial charge is 0.496 e. The van der Waals surface area contributed by atoms with Crippen molar-refractivity contribution < 1.29 is 19.4 Å². The number of rotatable bonds is 7. The van der Waals surface area contributed by atoms with E-state index in [2.05, 4.69) is 0 Å². The maximum atomic E-state index is 13.3. The number of ether oxygens (including phenoxy) is 1. The second kappa shape index (κ2) is 8.46. The second-order valence-electron chi connectivity index (χ2n) is 6.39. The molecule has 1 aliphatic rings. The molecule has 7 heteroatoms. The molecule has 2 aromatic rings. The summed E-state index contributed by atoms with van der Waals surface area (Å²) in [6.45, 7) is 0.212. The number of hydrogen-bond acceptors (Lipinski definition) is 5. The average Bonchev–Trinajstić information content (AvgIpc) is 2.94. The minimum Gasteiger partial charge on any atom is -0.496 e. The van der Waals surface area contributed by atoms with Gasteiger partial charge in [0, 0.05) is 24.2 Å². The van der Waals surface area contributed by atoms with Gasteiger partial charge in [0.2, 0.25) is 0 Å². The van der Waals surface area contributed by atoms with E-state index < -0.39 is 11.8 Å². The van der Waals surface area contributed by atoms with Crippen LogP contribution in [0.2, 0.25) is 5.02 Å². The van der Waals surface area contributed by atoms with Gasteiger partial charge in [-0.25, -0.2) is 0 Å². The van der Waals surface area contributed by atoms with Crippen LogP contribution >= 0.6 is 11.6 Å². The summed E-state index contributed by atoms with van der Waals surface area (Å²) in [5.74, 6) is -0.303. The summed E-state index contributed by atoms with van der Waals surface area (Å²) in [5, 5.41) is 9.91. The van der Waals surface area contributed by atoms with Crippen LogP contribution in [0, 0.1) is 0 Å². The van der Waals surface area contributed by atoms with Crippen LogP contribution in [0.15, 0.2) is 54.2 Å². The third-order valence-corrected chi connectivity index (χ3v) is 4.84. The topological polar surface area (TPSA) is 70.1 Å². The third kappa shape index (κ3) is 3.74. The average molecular weight is 401 g/mol. The quantitative estimate of drug-likeness (QED) is 0.723. The Morgan fingerprint density at radius 1 is 1.07 bits per heavy atom. The van der Waals surface area contributed by atoms with Gasteiger partial charge in [-0.2, -0.15) is 0 Å². The predicted molar refractivity (Wildman–Crippen MR) is 107 cm³/mol. The van der Waals surface area contributed by atoms with Crippen molar-refractivity contribution in [2.45, 2.75) is 6.54 Å². The highest BCUT2D eigenvalue weighted by Crippen LogP contribution is 2.36. The van der Waals surface area contributed by atoms with Crippen molar-refractivity contribution in [3.05, 3.63) is 70.4 Å². The first-order valence-corrected chi connectivity index (χ1v) is 9.16. The van der Waals surface area contributed by atoms with Crippen molar-refractivity contribution in [3.63, 3.8) is 0 Å². The maximum absolute atomic E-state index is 13.3. The number of benzene rings is 2. The van der Waals surface area contributed by atoms with E-state index >= 15 is 0 Å². The fourth-order valence-corrected chi connectivity index (χ4v) is 3.32. The molecule has 0 saturated heterocycles. The Morgan fingerprint density at radius 2 is 1.75 bits per heavy atom. The summed E-state index contributed by atoms with van der Waals surface area (Å²) in [7, 11) is 3.20. The van der Waals surface area contributed by atoms with E-state index in [1.165, 1.54) is 12.0 Å². The number of carbonyl (C=O) groups is 2. The molecule has 146 valence electrons. The van der Waals surface area contributed by atoms with Crippen LogP contribution in [0.4, 0.5) is 0 Å². The Labute approximate surface area is 168 Å². The molecule has 28 heavy (non-hydrogen) atoms. The molecule has 3 rings (SSSR count). The fraction of sp³-hybridized carbons (Fsp3) is 0.238. The number of likely N-dealkylation sites (N-methyl/N-ethyl adjacent to an activating group) is 1. The minimum atomic E-state index is -0.406. The molecule has 0 unspecified atom stereocenters. The Balaban J connectivity index is 2.05. The van der Waals surface area contributed by atoms with Gasteiger partial charge in [-0.05, 0) is 23.8 Å². The first-order valence-electron chi connectivity index (χ1n) is 8.78. The Kier molecular flexibility index (Phi) is 6.02. The lowest BCUT2D eigenvalue weighted by atomic mass is 10.0. The van der Waals surface area contributed by atoms with E-state index in [1.54, 1.807) is 60.5 Å². The monoisotopic (exact) mass is 400 g/mol. The summed E-state index contributed by atoms with van der Waals surface area (Å²) in [4.78, 5) is 29.2. The van der Waals surface area contributed by atoms with Crippen LogP contribution in [0.5, 0.6) is 5.75 Å². The van der Waals surface area contributed by atoms with E-state index in [0.29, 0.717) is 16.3 Å². The fourth-order valence-electron chi connectivity index (χ4n) is 3.19. The summed E-state index contributed by atoms with van der Waals surface area (Å²) in [6, 6.07) is 14.1. The van der Waals surface area contributed by atoms with Crippen LogP contribution in [0.3, 0.4) is 0 Å². The number of nitrogens with zero attached hydrogens (tertiary/aromatic N) is 2. The van der Waals surface area contributed by atoms with Gasteiger partial charge in [0.15, 0.2) is 0 Å². The third-order valence-electron chi connectivity index (χ3n) is 4.59. The van der Waals surface area contributed by atoms with Crippen molar-refractivity contribution in [2.75, 3.05) is 27.3 Å². The van der Waals surface area contributed by atoms with Gasteiger partial charge in [-0.3, -0.25) is 14.5 Å². The van der Waals surface area contributed by atoms with E-state index in [0.717, 1.165) is 5.56 Å². The zero-order chi connectivity index (χ0) is 20.3. The van der Waals surface area contributed by atoms with Gasteiger partial charge >= 0.3 is 0 Å². The first kappa shape index (κ1) is 19.9. The highest BCUT2D eigenvalue weighted by molar-refractivity contribution is 6.36. The Morgan fingerprint density at radius 3 is 2.39 bits per heavy atom. The van der Waals surface area contributed by atoms with Crippen LogP contribution in [0.1, 0.15) is 11.1 Å².